The SMILES string of the molecule is CCNc1nnc(C(=O)Nc2ccc(C)cc2Cl)s1. The maximum absolute atomic E-state index is 12.0. The lowest BCUT2D eigenvalue weighted by Crippen LogP contribution is -2.11. The van der Waals surface area contributed by atoms with Crippen molar-refractivity contribution in [3.05, 3.63) is 33.8 Å². The van der Waals surface area contributed by atoms with Crippen LogP contribution in [0.2, 0.25) is 5.02 Å². The molecule has 2 aromatic rings. The van der Waals surface area contributed by atoms with E-state index in [1.54, 1.807) is 12.1 Å². The summed E-state index contributed by atoms with van der Waals surface area (Å²) in [5.41, 5.74) is 1.60. The number of carbonyl (C=O) groups excluding carboxylic acids is 1. The molecule has 0 radical (unpaired) electrons. The fourth-order valence-corrected chi connectivity index (χ4v) is 2.42. The Hall–Kier alpha value is -1.66. The van der Waals surface area contributed by atoms with Crippen molar-refractivity contribution in [1.82, 2.24) is 10.2 Å². The lowest BCUT2D eigenvalue weighted by molar-refractivity contribution is 0.102. The lowest BCUT2D eigenvalue weighted by atomic mass is 10.2. The third-order valence-electron chi connectivity index (χ3n) is 2.32. The zero-order valence-corrected chi connectivity index (χ0v) is 12.1. The van der Waals surface area contributed by atoms with Crippen LogP contribution in [0.3, 0.4) is 0 Å². The van der Waals surface area contributed by atoms with Crippen LogP contribution in [-0.2, 0) is 0 Å². The summed E-state index contributed by atoms with van der Waals surface area (Å²) in [6.45, 7) is 4.62. The van der Waals surface area contributed by atoms with E-state index in [4.69, 9.17) is 11.6 Å². The van der Waals surface area contributed by atoms with E-state index in [1.807, 2.05) is 19.9 Å². The zero-order valence-electron chi connectivity index (χ0n) is 10.5. The fraction of sp³-hybridized carbons (Fsp3) is 0.250. The van der Waals surface area contributed by atoms with Gasteiger partial charge in [0.15, 0.2) is 0 Å². The quantitative estimate of drug-likeness (QED) is 0.909. The van der Waals surface area contributed by atoms with Crippen LogP contribution in [0.5, 0.6) is 0 Å². The Balaban J connectivity index is 2.11. The van der Waals surface area contributed by atoms with E-state index in [-0.39, 0.29) is 5.91 Å². The highest BCUT2D eigenvalue weighted by Gasteiger charge is 2.14. The van der Waals surface area contributed by atoms with Crippen LogP contribution in [0.1, 0.15) is 22.3 Å². The number of carbonyl (C=O) groups is 1. The van der Waals surface area contributed by atoms with Gasteiger partial charge in [0.1, 0.15) is 0 Å². The highest BCUT2D eigenvalue weighted by molar-refractivity contribution is 7.17. The van der Waals surface area contributed by atoms with E-state index < -0.39 is 0 Å². The van der Waals surface area contributed by atoms with Gasteiger partial charge in [-0.3, -0.25) is 4.79 Å². The summed E-state index contributed by atoms with van der Waals surface area (Å²) < 4.78 is 0. The Morgan fingerprint density at radius 3 is 2.89 bits per heavy atom. The van der Waals surface area contributed by atoms with Crippen LogP contribution < -0.4 is 10.6 Å². The largest absolute Gasteiger partial charge is 0.360 e. The predicted molar refractivity (Wildman–Crippen MR) is 78.2 cm³/mol. The molecule has 1 amide bonds. The molecule has 0 aliphatic rings. The molecule has 0 atom stereocenters. The summed E-state index contributed by atoms with van der Waals surface area (Å²) >= 11 is 7.26. The van der Waals surface area contributed by atoms with Gasteiger partial charge < -0.3 is 10.6 Å². The first-order valence-electron chi connectivity index (χ1n) is 5.75. The van der Waals surface area contributed by atoms with Gasteiger partial charge in [-0.15, -0.1) is 10.2 Å². The van der Waals surface area contributed by atoms with E-state index in [9.17, 15) is 4.79 Å². The van der Waals surface area contributed by atoms with E-state index in [1.165, 1.54) is 11.3 Å². The molecule has 2 rings (SSSR count). The van der Waals surface area contributed by atoms with Crippen LogP contribution in [0.25, 0.3) is 0 Å². The first-order chi connectivity index (χ1) is 9.10. The summed E-state index contributed by atoms with van der Waals surface area (Å²) in [5, 5.41) is 14.9. The van der Waals surface area contributed by atoms with Crippen molar-refractivity contribution in [2.75, 3.05) is 17.2 Å². The van der Waals surface area contributed by atoms with E-state index in [0.29, 0.717) is 20.8 Å². The minimum Gasteiger partial charge on any atom is -0.360 e. The van der Waals surface area contributed by atoms with Crippen molar-refractivity contribution in [2.24, 2.45) is 0 Å². The molecule has 19 heavy (non-hydrogen) atoms. The molecule has 0 aliphatic heterocycles. The van der Waals surface area contributed by atoms with Gasteiger partial charge in [0.05, 0.1) is 10.7 Å². The highest BCUT2D eigenvalue weighted by Crippen LogP contribution is 2.24. The average Bonchev–Trinajstić information content (AvgIpc) is 2.82. The number of nitrogens with zero attached hydrogens (tertiary/aromatic N) is 2. The molecular weight excluding hydrogens is 284 g/mol. The summed E-state index contributed by atoms with van der Waals surface area (Å²) in [7, 11) is 0. The number of anilines is 2. The average molecular weight is 297 g/mol. The van der Waals surface area contributed by atoms with Crippen molar-refractivity contribution in [3.8, 4) is 0 Å². The molecule has 0 bridgehead atoms. The Bertz CT molecular complexity index is 599. The van der Waals surface area contributed by atoms with Crippen molar-refractivity contribution >= 4 is 39.7 Å². The molecule has 0 unspecified atom stereocenters. The Morgan fingerprint density at radius 2 is 2.21 bits per heavy atom. The number of benzene rings is 1. The van der Waals surface area contributed by atoms with Gasteiger partial charge in [-0.1, -0.05) is 29.0 Å². The van der Waals surface area contributed by atoms with Crippen molar-refractivity contribution < 1.29 is 4.79 Å². The van der Waals surface area contributed by atoms with Crippen molar-refractivity contribution in [1.29, 1.82) is 0 Å². The number of aromatic nitrogens is 2. The number of rotatable bonds is 4. The second-order valence-corrected chi connectivity index (χ2v) is 5.26. The fourth-order valence-electron chi connectivity index (χ4n) is 1.43. The maximum Gasteiger partial charge on any atom is 0.286 e. The zero-order chi connectivity index (χ0) is 13.8. The van der Waals surface area contributed by atoms with Crippen LogP contribution in [0, 0.1) is 6.92 Å². The monoisotopic (exact) mass is 296 g/mol. The molecule has 100 valence electrons. The summed E-state index contributed by atoms with van der Waals surface area (Å²) in [5.74, 6) is -0.313. The van der Waals surface area contributed by atoms with Gasteiger partial charge in [0.25, 0.3) is 5.91 Å². The number of nitrogens with one attached hydrogen (secondary N) is 2. The van der Waals surface area contributed by atoms with Crippen LogP contribution >= 0.6 is 22.9 Å². The molecule has 0 saturated heterocycles. The second kappa shape index (κ2) is 5.99. The molecule has 7 heteroatoms. The van der Waals surface area contributed by atoms with Crippen molar-refractivity contribution in [2.45, 2.75) is 13.8 Å². The molecule has 0 spiro atoms. The molecule has 2 N–H and O–H groups in total. The van der Waals surface area contributed by atoms with Gasteiger partial charge in [0.2, 0.25) is 10.1 Å². The first kappa shape index (κ1) is 13.8. The third-order valence-corrected chi connectivity index (χ3v) is 3.51. The Labute approximate surface area is 120 Å². The molecule has 0 aliphatic carbocycles. The van der Waals surface area contributed by atoms with Gasteiger partial charge in [-0.05, 0) is 31.5 Å². The summed E-state index contributed by atoms with van der Waals surface area (Å²) in [6, 6.07) is 5.44. The molecule has 1 aromatic carbocycles. The van der Waals surface area contributed by atoms with E-state index in [2.05, 4.69) is 20.8 Å². The van der Waals surface area contributed by atoms with Gasteiger partial charge >= 0.3 is 0 Å². The minimum atomic E-state index is -0.313. The van der Waals surface area contributed by atoms with Crippen LogP contribution in [0.15, 0.2) is 18.2 Å². The second-order valence-electron chi connectivity index (χ2n) is 3.88. The number of hydrogen-bond acceptors (Lipinski definition) is 5. The molecule has 1 aromatic heterocycles. The smallest absolute Gasteiger partial charge is 0.286 e. The Kier molecular flexibility index (Phi) is 4.34. The topological polar surface area (TPSA) is 66.9 Å². The van der Waals surface area contributed by atoms with Gasteiger partial charge in [-0.25, -0.2) is 0 Å². The number of amides is 1. The van der Waals surface area contributed by atoms with Crippen LogP contribution in [-0.4, -0.2) is 22.6 Å². The van der Waals surface area contributed by atoms with Gasteiger partial charge in [0, 0.05) is 6.54 Å². The number of aryl methyl sites for hydroxylation is 1. The molecule has 0 saturated carbocycles. The van der Waals surface area contributed by atoms with E-state index in [0.717, 1.165) is 12.1 Å². The molecular formula is C12H13ClN4OS. The standard InChI is InChI=1S/C12H13ClN4OS/c1-3-14-12-17-16-11(19-12)10(18)15-9-5-4-7(2)6-8(9)13/h4-6H,3H2,1-2H3,(H,14,17)(H,15,18). The first-order valence-corrected chi connectivity index (χ1v) is 6.94. The number of hydrogen-bond donors (Lipinski definition) is 2. The van der Waals surface area contributed by atoms with Gasteiger partial charge in [-0.2, -0.15) is 0 Å². The summed E-state index contributed by atoms with van der Waals surface area (Å²) in [4.78, 5) is 12.0. The third kappa shape index (κ3) is 3.42. The number of halogens is 1. The molecule has 0 fully saturated rings. The van der Waals surface area contributed by atoms with Crippen LogP contribution in [0.4, 0.5) is 10.8 Å². The normalized spacial score (nSPS) is 10.3. The Morgan fingerprint density at radius 1 is 1.42 bits per heavy atom. The molecule has 1 heterocycles. The maximum atomic E-state index is 12.0. The minimum absolute atomic E-state index is 0.299. The predicted octanol–water partition coefficient (Wildman–Crippen LogP) is 3.18. The van der Waals surface area contributed by atoms with E-state index >= 15 is 0 Å². The summed E-state index contributed by atoms with van der Waals surface area (Å²) in [6.07, 6.45) is 0. The highest BCUT2D eigenvalue weighted by atomic mass is 35.5. The van der Waals surface area contributed by atoms with Crippen molar-refractivity contribution in [3.63, 3.8) is 0 Å². The molecule has 5 nitrogen and oxygen atoms in total. The lowest BCUT2D eigenvalue weighted by Gasteiger charge is -2.05.